The van der Waals surface area contributed by atoms with Gasteiger partial charge >= 0.3 is 5.63 Å². The summed E-state index contributed by atoms with van der Waals surface area (Å²) in [5, 5.41) is 1.45. The number of benzene rings is 1. The maximum atomic E-state index is 11.6. The van der Waals surface area contributed by atoms with Crippen molar-refractivity contribution in [2.75, 3.05) is 0 Å². The SMILES string of the molecule is O=c1oc(-c2ccccc2)cc2c[nH]cc12. The summed E-state index contributed by atoms with van der Waals surface area (Å²) < 4.78 is 5.26. The van der Waals surface area contributed by atoms with Crippen molar-refractivity contribution in [3.8, 4) is 11.3 Å². The van der Waals surface area contributed by atoms with E-state index >= 15 is 0 Å². The van der Waals surface area contributed by atoms with Gasteiger partial charge in [0.2, 0.25) is 0 Å². The van der Waals surface area contributed by atoms with Crippen LogP contribution in [0, 0.1) is 0 Å². The van der Waals surface area contributed by atoms with Crippen molar-refractivity contribution >= 4 is 10.8 Å². The summed E-state index contributed by atoms with van der Waals surface area (Å²) in [7, 11) is 0. The van der Waals surface area contributed by atoms with E-state index in [4.69, 9.17) is 4.42 Å². The number of nitrogens with one attached hydrogen (secondary N) is 1. The Bertz CT molecular complexity index is 680. The maximum Gasteiger partial charge on any atom is 0.345 e. The highest BCUT2D eigenvalue weighted by molar-refractivity contribution is 5.83. The average Bonchev–Trinajstić information content (AvgIpc) is 2.79. The predicted molar refractivity (Wildman–Crippen MR) is 62.3 cm³/mol. The molecule has 0 spiro atoms. The van der Waals surface area contributed by atoms with E-state index in [0.717, 1.165) is 10.9 Å². The molecule has 0 saturated carbocycles. The van der Waals surface area contributed by atoms with Crippen LogP contribution in [0.1, 0.15) is 0 Å². The van der Waals surface area contributed by atoms with Crippen LogP contribution >= 0.6 is 0 Å². The van der Waals surface area contributed by atoms with Gasteiger partial charge in [0, 0.05) is 23.3 Å². The second-order valence-electron chi connectivity index (χ2n) is 3.59. The third-order valence-electron chi connectivity index (χ3n) is 2.54. The van der Waals surface area contributed by atoms with E-state index < -0.39 is 0 Å². The Balaban J connectivity index is 2.30. The topological polar surface area (TPSA) is 46.0 Å². The van der Waals surface area contributed by atoms with Crippen LogP contribution in [-0.4, -0.2) is 4.98 Å². The summed E-state index contributed by atoms with van der Waals surface area (Å²) in [6, 6.07) is 11.4. The first-order chi connectivity index (χ1) is 7.84. The lowest BCUT2D eigenvalue weighted by Gasteiger charge is -1.99. The van der Waals surface area contributed by atoms with E-state index in [1.165, 1.54) is 0 Å². The van der Waals surface area contributed by atoms with E-state index in [2.05, 4.69) is 4.98 Å². The van der Waals surface area contributed by atoms with Gasteiger partial charge in [0.15, 0.2) is 0 Å². The first kappa shape index (κ1) is 8.97. The predicted octanol–water partition coefficient (Wildman–Crippen LogP) is 2.79. The molecule has 0 unspecified atom stereocenters. The Morgan fingerprint density at radius 3 is 2.69 bits per heavy atom. The zero-order valence-corrected chi connectivity index (χ0v) is 8.44. The van der Waals surface area contributed by atoms with Crippen molar-refractivity contribution in [3.63, 3.8) is 0 Å². The van der Waals surface area contributed by atoms with Crippen molar-refractivity contribution in [3.05, 3.63) is 59.2 Å². The number of hydrogen-bond acceptors (Lipinski definition) is 2. The third-order valence-corrected chi connectivity index (χ3v) is 2.54. The Morgan fingerprint density at radius 2 is 1.88 bits per heavy atom. The molecule has 3 aromatic rings. The quantitative estimate of drug-likeness (QED) is 0.672. The van der Waals surface area contributed by atoms with Gasteiger partial charge in [0.1, 0.15) is 5.76 Å². The van der Waals surface area contributed by atoms with Gasteiger partial charge in [0.05, 0.1) is 5.39 Å². The number of rotatable bonds is 1. The van der Waals surface area contributed by atoms with E-state index in [1.54, 1.807) is 12.4 Å². The smallest absolute Gasteiger partial charge is 0.345 e. The second kappa shape index (κ2) is 3.38. The number of fused-ring (bicyclic) bond motifs is 1. The molecular weight excluding hydrogens is 202 g/mol. The van der Waals surface area contributed by atoms with Crippen LogP contribution in [0.3, 0.4) is 0 Å². The minimum absolute atomic E-state index is 0.308. The van der Waals surface area contributed by atoms with Crippen molar-refractivity contribution in [2.45, 2.75) is 0 Å². The number of hydrogen-bond donors (Lipinski definition) is 1. The average molecular weight is 211 g/mol. The summed E-state index contributed by atoms with van der Waals surface area (Å²) in [5.41, 5.74) is 0.598. The Labute approximate surface area is 91.3 Å². The van der Waals surface area contributed by atoms with Crippen molar-refractivity contribution < 1.29 is 4.42 Å². The normalized spacial score (nSPS) is 10.8. The van der Waals surface area contributed by atoms with Gasteiger partial charge in [-0.15, -0.1) is 0 Å². The molecule has 0 atom stereocenters. The number of H-pyrrole nitrogens is 1. The maximum absolute atomic E-state index is 11.6. The van der Waals surface area contributed by atoms with Crippen molar-refractivity contribution in [1.29, 1.82) is 0 Å². The summed E-state index contributed by atoms with van der Waals surface area (Å²) in [6.45, 7) is 0. The van der Waals surface area contributed by atoms with Gasteiger partial charge in [-0.05, 0) is 6.07 Å². The Morgan fingerprint density at radius 1 is 1.06 bits per heavy atom. The lowest BCUT2D eigenvalue weighted by Crippen LogP contribution is -1.98. The molecular formula is C13H9NO2. The fourth-order valence-electron chi connectivity index (χ4n) is 1.74. The lowest BCUT2D eigenvalue weighted by molar-refractivity contribution is 0.535. The van der Waals surface area contributed by atoms with Gasteiger partial charge < -0.3 is 9.40 Å². The first-order valence-corrected chi connectivity index (χ1v) is 5.01. The molecule has 3 heteroatoms. The molecule has 0 saturated heterocycles. The van der Waals surface area contributed by atoms with Crippen molar-refractivity contribution in [2.24, 2.45) is 0 Å². The standard InChI is InChI=1S/C13H9NO2/c15-13-11-8-14-7-10(11)6-12(16-13)9-4-2-1-3-5-9/h1-8,14H. The van der Waals surface area contributed by atoms with Crippen molar-refractivity contribution in [1.82, 2.24) is 4.98 Å². The Hall–Kier alpha value is -2.29. The summed E-state index contributed by atoms with van der Waals surface area (Å²) in [5.74, 6) is 0.595. The van der Waals surface area contributed by atoms with Gasteiger partial charge in [-0.1, -0.05) is 30.3 Å². The highest BCUT2D eigenvalue weighted by Gasteiger charge is 2.06. The van der Waals surface area contributed by atoms with Gasteiger partial charge in [-0.3, -0.25) is 0 Å². The lowest BCUT2D eigenvalue weighted by atomic mass is 10.1. The number of aromatic amines is 1. The van der Waals surface area contributed by atoms with Crippen LogP contribution in [0.2, 0.25) is 0 Å². The number of aromatic nitrogens is 1. The molecule has 2 aromatic heterocycles. The van der Waals surface area contributed by atoms with Crippen LogP contribution in [0.15, 0.2) is 58.0 Å². The van der Waals surface area contributed by atoms with E-state index in [9.17, 15) is 4.79 Å². The second-order valence-corrected chi connectivity index (χ2v) is 3.59. The third kappa shape index (κ3) is 1.34. The molecule has 0 fully saturated rings. The summed E-state index contributed by atoms with van der Waals surface area (Å²) in [6.07, 6.45) is 3.44. The van der Waals surface area contributed by atoms with Crippen LogP contribution in [0.4, 0.5) is 0 Å². The molecule has 0 bridgehead atoms. The molecule has 3 rings (SSSR count). The Kier molecular flexibility index (Phi) is 1.90. The minimum atomic E-state index is -0.308. The minimum Gasteiger partial charge on any atom is -0.422 e. The molecule has 78 valence electrons. The molecule has 0 aliphatic heterocycles. The van der Waals surface area contributed by atoms with E-state index in [0.29, 0.717) is 11.1 Å². The molecule has 1 N–H and O–H groups in total. The summed E-state index contributed by atoms with van der Waals surface area (Å²) in [4.78, 5) is 14.5. The van der Waals surface area contributed by atoms with Gasteiger partial charge in [-0.25, -0.2) is 4.79 Å². The zero-order chi connectivity index (χ0) is 11.0. The van der Waals surface area contributed by atoms with Crippen LogP contribution < -0.4 is 5.63 Å². The first-order valence-electron chi connectivity index (χ1n) is 5.01. The monoisotopic (exact) mass is 211 g/mol. The summed E-state index contributed by atoms with van der Waals surface area (Å²) >= 11 is 0. The van der Waals surface area contributed by atoms with E-state index in [-0.39, 0.29) is 5.63 Å². The molecule has 2 heterocycles. The van der Waals surface area contributed by atoms with Gasteiger partial charge in [0.25, 0.3) is 0 Å². The molecule has 16 heavy (non-hydrogen) atoms. The van der Waals surface area contributed by atoms with Gasteiger partial charge in [-0.2, -0.15) is 0 Å². The molecule has 0 radical (unpaired) electrons. The van der Waals surface area contributed by atoms with Crippen LogP contribution in [0.25, 0.3) is 22.1 Å². The molecule has 1 aromatic carbocycles. The highest BCUT2D eigenvalue weighted by Crippen LogP contribution is 2.21. The largest absolute Gasteiger partial charge is 0.422 e. The van der Waals surface area contributed by atoms with Crippen LogP contribution in [0.5, 0.6) is 0 Å². The molecule has 0 aliphatic rings. The highest BCUT2D eigenvalue weighted by atomic mass is 16.4. The fraction of sp³-hybridized carbons (Fsp3) is 0. The molecule has 0 aliphatic carbocycles. The van der Waals surface area contributed by atoms with Crippen LogP contribution in [-0.2, 0) is 0 Å². The fourth-order valence-corrected chi connectivity index (χ4v) is 1.74. The zero-order valence-electron chi connectivity index (χ0n) is 8.44. The molecule has 0 amide bonds. The molecule has 3 nitrogen and oxygen atoms in total. The van der Waals surface area contributed by atoms with E-state index in [1.807, 2.05) is 36.4 Å².